The highest BCUT2D eigenvalue weighted by Gasteiger charge is 2.09. The molecule has 84 valence electrons. The molecule has 0 radical (unpaired) electrons. The molecular weight excluding hydrogens is 214 g/mol. The zero-order valence-electron chi connectivity index (χ0n) is 9.95. The topological polar surface area (TPSA) is 12.0 Å². The lowest BCUT2D eigenvalue weighted by atomic mass is 10.1. The Bertz CT molecular complexity index is 473. The zero-order valence-corrected chi connectivity index (χ0v) is 10.8. The number of hydrogen-bond acceptors (Lipinski definition) is 2. The zero-order chi connectivity index (χ0) is 11.5. The summed E-state index contributed by atoms with van der Waals surface area (Å²) >= 11 is 1.86. The van der Waals surface area contributed by atoms with Gasteiger partial charge in [0.15, 0.2) is 0 Å². The molecule has 1 N–H and O–H groups in total. The molecule has 1 heterocycles. The van der Waals surface area contributed by atoms with E-state index in [0.29, 0.717) is 6.04 Å². The van der Waals surface area contributed by atoms with Crippen LogP contribution in [-0.4, -0.2) is 7.05 Å². The monoisotopic (exact) mass is 231 g/mol. The van der Waals surface area contributed by atoms with Crippen molar-refractivity contribution in [1.82, 2.24) is 5.32 Å². The van der Waals surface area contributed by atoms with Gasteiger partial charge >= 0.3 is 0 Å². The molecule has 2 heteroatoms. The van der Waals surface area contributed by atoms with Crippen molar-refractivity contribution in [3.8, 4) is 0 Å². The van der Waals surface area contributed by atoms with Gasteiger partial charge in [0.25, 0.3) is 0 Å². The minimum absolute atomic E-state index is 0.336. The van der Waals surface area contributed by atoms with Gasteiger partial charge in [0.2, 0.25) is 0 Å². The van der Waals surface area contributed by atoms with Gasteiger partial charge in [-0.1, -0.05) is 29.8 Å². The van der Waals surface area contributed by atoms with Crippen LogP contribution in [0.15, 0.2) is 42.0 Å². The maximum absolute atomic E-state index is 3.34. The lowest BCUT2D eigenvalue weighted by molar-refractivity contribution is 0.722. The summed E-state index contributed by atoms with van der Waals surface area (Å²) in [5.74, 6) is 0. The molecule has 1 atom stereocenters. The molecule has 0 saturated heterocycles. The first-order valence-electron chi connectivity index (χ1n) is 5.51. The Hall–Kier alpha value is -1.12. The summed E-state index contributed by atoms with van der Waals surface area (Å²) in [6, 6.07) is 11.2. The van der Waals surface area contributed by atoms with Crippen molar-refractivity contribution in [1.29, 1.82) is 0 Å². The highest BCUT2D eigenvalue weighted by Crippen LogP contribution is 2.30. The smallest absolute Gasteiger partial charge is 0.0601 e. The maximum Gasteiger partial charge on any atom is 0.0601 e. The summed E-state index contributed by atoms with van der Waals surface area (Å²) in [7, 11) is 2.01. The molecule has 0 spiro atoms. The van der Waals surface area contributed by atoms with Crippen LogP contribution in [0.4, 0.5) is 0 Å². The highest BCUT2D eigenvalue weighted by molar-refractivity contribution is 7.19. The highest BCUT2D eigenvalue weighted by atomic mass is 32.1. The van der Waals surface area contributed by atoms with E-state index in [2.05, 4.69) is 55.6 Å². The number of nitrogens with one attached hydrogen (secondary N) is 1. The Kier molecular flexibility index (Phi) is 3.42. The number of hydrogen-bond donors (Lipinski definition) is 1. The van der Waals surface area contributed by atoms with E-state index in [9.17, 15) is 0 Å². The number of fused-ring (bicyclic) bond motifs is 1. The van der Waals surface area contributed by atoms with Gasteiger partial charge in [0, 0.05) is 9.58 Å². The lowest BCUT2D eigenvalue weighted by Gasteiger charge is -2.09. The van der Waals surface area contributed by atoms with Crippen LogP contribution in [0.5, 0.6) is 0 Å². The molecular formula is C14H17NS. The van der Waals surface area contributed by atoms with Crippen LogP contribution in [0.2, 0.25) is 0 Å². The molecule has 0 saturated carbocycles. The second-order valence-electron chi connectivity index (χ2n) is 4.20. The van der Waals surface area contributed by atoms with Gasteiger partial charge < -0.3 is 5.32 Å². The Balaban J connectivity index is 2.42. The Morgan fingerprint density at radius 2 is 2.06 bits per heavy atom. The summed E-state index contributed by atoms with van der Waals surface area (Å²) in [6.45, 7) is 4.27. The summed E-state index contributed by atoms with van der Waals surface area (Å²) in [6.07, 6.45) is 2.27. The summed E-state index contributed by atoms with van der Waals surface area (Å²) < 4.78 is 1.36. The number of rotatable bonds is 3. The molecule has 1 nitrogen and oxygen atoms in total. The van der Waals surface area contributed by atoms with Gasteiger partial charge in [-0.2, -0.15) is 0 Å². The van der Waals surface area contributed by atoms with Gasteiger partial charge in [-0.15, -0.1) is 11.3 Å². The fourth-order valence-corrected chi connectivity index (χ4v) is 2.94. The van der Waals surface area contributed by atoms with E-state index < -0.39 is 0 Å². The minimum atomic E-state index is 0.336. The molecule has 1 unspecified atom stereocenters. The molecule has 1 aromatic carbocycles. The summed E-state index contributed by atoms with van der Waals surface area (Å²) in [4.78, 5) is 1.38. The molecule has 16 heavy (non-hydrogen) atoms. The van der Waals surface area contributed by atoms with Crippen LogP contribution in [0, 0.1) is 0 Å². The quantitative estimate of drug-likeness (QED) is 0.783. The molecule has 0 fully saturated rings. The van der Waals surface area contributed by atoms with Gasteiger partial charge in [0.1, 0.15) is 0 Å². The average Bonchev–Trinajstić information content (AvgIpc) is 2.68. The molecule has 2 rings (SSSR count). The van der Waals surface area contributed by atoms with Crippen LogP contribution in [0.1, 0.15) is 24.8 Å². The van der Waals surface area contributed by atoms with Crippen molar-refractivity contribution in [2.45, 2.75) is 19.9 Å². The molecule has 1 aromatic heterocycles. The van der Waals surface area contributed by atoms with E-state index in [1.165, 1.54) is 20.5 Å². The Morgan fingerprint density at radius 1 is 1.31 bits per heavy atom. The van der Waals surface area contributed by atoms with E-state index >= 15 is 0 Å². The minimum Gasteiger partial charge on any atom is -0.309 e. The van der Waals surface area contributed by atoms with E-state index in [1.807, 2.05) is 18.4 Å². The van der Waals surface area contributed by atoms with Crippen LogP contribution in [-0.2, 0) is 0 Å². The third-order valence-corrected chi connectivity index (χ3v) is 3.76. The largest absolute Gasteiger partial charge is 0.309 e. The van der Waals surface area contributed by atoms with Crippen molar-refractivity contribution in [2.75, 3.05) is 7.05 Å². The summed E-state index contributed by atoms with van der Waals surface area (Å²) in [5.41, 5.74) is 1.34. The van der Waals surface area contributed by atoms with E-state index in [1.54, 1.807) is 0 Å². The molecule has 0 aliphatic heterocycles. The van der Waals surface area contributed by atoms with Crippen molar-refractivity contribution in [3.63, 3.8) is 0 Å². The van der Waals surface area contributed by atoms with Crippen molar-refractivity contribution in [2.24, 2.45) is 0 Å². The second kappa shape index (κ2) is 4.81. The van der Waals surface area contributed by atoms with Crippen LogP contribution < -0.4 is 5.32 Å². The standard InChI is InChI=1S/C14H17NS/c1-10(2)8-12(15-3)14-9-11-6-4-5-7-13(11)16-14/h4-9,12,15H,1-3H3. The van der Waals surface area contributed by atoms with Gasteiger partial charge in [-0.25, -0.2) is 0 Å². The van der Waals surface area contributed by atoms with Crippen molar-refractivity contribution in [3.05, 3.63) is 46.9 Å². The number of likely N-dealkylation sites (N-methyl/N-ethyl adjacent to an activating group) is 1. The second-order valence-corrected chi connectivity index (χ2v) is 5.31. The molecule has 0 amide bonds. The number of thiophene rings is 1. The number of allylic oxidation sites excluding steroid dienone is 1. The first-order chi connectivity index (χ1) is 7.70. The third-order valence-electron chi connectivity index (χ3n) is 2.56. The molecule has 0 aliphatic rings. The van der Waals surface area contributed by atoms with Crippen molar-refractivity contribution >= 4 is 21.4 Å². The predicted molar refractivity (Wildman–Crippen MR) is 73.1 cm³/mol. The summed E-state index contributed by atoms with van der Waals surface area (Å²) in [5, 5.41) is 4.68. The maximum atomic E-state index is 3.34. The molecule has 0 aliphatic carbocycles. The number of benzene rings is 1. The fraction of sp³-hybridized carbons (Fsp3) is 0.286. The Labute approximate surface area is 101 Å². The first kappa shape index (κ1) is 11.4. The van der Waals surface area contributed by atoms with Gasteiger partial charge in [-0.05, 0) is 38.4 Å². The molecule has 0 bridgehead atoms. The van der Waals surface area contributed by atoms with Gasteiger partial charge in [0.05, 0.1) is 6.04 Å². The van der Waals surface area contributed by atoms with E-state index in [-0.39, 0.29) is 0 Å². The average molecular weight is 231 g/mol. The third kappa shape index (κ3) is 2.34. The van der Waals surface area contributed by atoms with E-state index in [0.717, 1.165) is 0 Å². The lowest BCUT2D eigenvalue weighted by Crippen LogP contribution is -2.12. The normalized spacial score (nSPS) is 12.7. The predicted octanol–water partition coefficient (Wildman–Crippen LogP) is 4.13. The fourth-order valence-electron chi connectivity index (χ4n) is 1.80. The van der Waals surface area contributed by atoms with Crippen LogP contribution in [0.3, 0.4) is 0 Å². The van der Waals surface area contributed by atoms with Crippen molar-refractivity contribution < 1.29 is 0 Å². The first-order valence-corrected chi connectivity index (χ1v) is 6.33. The SMILES string of the molecule is CNC(C=C(C)C)c1cc2ccccc2s1. The van der Waals surface area contributed by atoms with E-state index in [4.69, 9.17) is 0 Å². The van der Waals surface area contributed by atoms with Gasteiger partial charge in [-0.3, -0.25) is 0 Å². The van der Waals surface area contributed by atoms with Crippen LogP contribution >= 0.6 is 11.3 Å². The molecule has 2 aromatic rings. The van der Waals surface area contributed by atoms with Crippen LogP contribution in [0.25, 0.3) is 10.1 Å². The Morgan fingerprint density at radius 3 is 2.69 bits per heavy atom.